The number of carbonyl (C=O) groups excluding carboxylic acids is 1. The van der Waals surface area contributed by atoms with Crippen molar-refractivity contribution in [2.75, 3.05) is 13.2 Å². The van der Waals surface area contributed by atoms with Gasteiger partial charge in [-0.2, -0.15) is 0 Å². The molecule has 1 amide bonds. The Labute approximate surface area is 454 Å². The summed E-state index contributed by atoms with van der Waals surface area (Å²) in [4.78, 5) is 13.1. The molecule has 1 fully saturated rings. The van der Waals surface area contributed by atoms with E-state index in [0.717, 1.165) is 83.5 Å². The van der Waals surface area contributed by atoms with Crippen LogP contribution in [0.2, 0.25) is 0 Å². The number of allylic oxidation sites excluding steroid dienone is 13. The molecule has 74 heavy (non-hydrogen) atoms. The van der Waals surface area contributed by atoms with E-state index in [1.54, 1.807) is 6.08 Å². The highest BCUT2D eigenvalue weighted by atomic mass is 16.7. The lowest BCUT2D eigenvalue weighted by atomic mass is 9.99. The van der Waals surface area contributed by atoms with Crippen molar-refractivity contribution in [2.45, 2.75) is 307 Å². The average Bonchev–Trinajstić information content (AvgIpc) is 3.40. The van der Waals surface area contributed by atoms with E-state index < -0.39 is 49.5 Å². The molecular formula is C65H115NO8. The molecule has 428 valence electrons. The number of hydrogen-bond acceptors (Lipinski definition) is 8. The van der Waals surface area contributed by atoms with Gasteiger partial charge in [-0.1, -0.05) is 266 Å². The van der Waals surface area contributed by atoms with Gasteiger partial charge < -0.3 is 40.3 Å². The highest BCUT2D eigenvalue weighted by molar-refractivity contribution is 5.76. The maximum absolute atomic E-state index is 13.1. The molecule has 6 N–H and O–H groups in total. The molecule has 7 atom stereocenters. The zero-order valence-electron chi connectivity index (χ0n) is 47.6. The minimum atomic E-state index is -1.58. The third kappa shape index (κ3) is 42.5. The maximum atomic E-state index is 13.1. The van der Waals surface area contributed by atoms with E-state index in [1.165, 1.54) is 161 Å². The fourth-order valence-electron chi connectivity index (χ4n) is 9.38. The van der Waals surface area contributed by atoms with Gasteiger partial charge in [-0.25, -0.2) is 0 Å². The van der Waals surface area contributed by atoms with Gasteiger partial charge in [-0.05, 0) is 77.0 Å². The zero-order chi connectivity index (χ0) is 53.6. The van der Waals surface area contributed by atoms with Crippen LogP contribution in [0.15, 0.2) is 85.1 Å². The molecule has 1 saturated heterocycles. The van der Waals surface area contributed by atoms with Gasteiger partial charge in [0.05, 0.1) is 25.4 Å². The third-order valence-corrected chi connectivity index (χ3v) is 14.2. The Morgan fingerprint density at radius 1 is 0.473 bits per heavy atom. The summed E-state index contributed by atoms with van der Waals surface area (Å²) in [5, 5.41) is 54.6. The molecule has 0 aromatic carbocycles. The maximum Gasteiger partial charge on any atom is 0.220 e. The van der Waals surface area contributed by atoms with Gasteiger partial charge >= 0.3 is 0 Å². The van der Waals surface area contributed by atoms with Gasteiger partial charge in [0, 0.05) is 6.42 Å². The quantitative estimate of drug-likeness (QED) is 0.0261. The van der Waals surface area contributed by atoms with E-state index in [-0.39, 0.29) is 12.5 Å². The number of ether oxygens (including phenoxy) is 2. The number of aliphatic hydroxyl groups excluding tert-OH is 5. The lowest BCUT2D eigenvalue weighted by Gasteiger charge is -2.40. The van der Waals surface area contributed by atoms with Crippen LogP contribution >= 0.6 is 0 Å². The largest absolute Gasteiger partial charge is 0.394 e. The predicted molar refractivity (Wildman–Crippen MR) is 313 cm³/mol. The standard InChI is InChI=1S/C65H115NO8/c1-3-5-7-9-11-13-15-17-19-21-23-25-27-28-29-30-31-33-34-36-38-40-42-44-46-48-50-52-54-59(68)58(57-73-65-64(72)63(71)62(70)60(56-67)74-65)66-61(69)55-53-51-49-47-45-43-41-39-37-35-32-26-24-22-20-18-16-14-12-10-8-6-4-2/h6,8,12,14,18,20,24,26,35,37,44,46,52,54,58-60,62-65,67-68,70-72H,3-5,7,9-11,13,15-17,19,21-23,25,27-34,36,38-43,45,47-51,53,55-57H2,1-2H3,(H,66,69)/b8-6-,14-12-,20-18-,26-24-,37-35-,46-44+,54-52+. The molecule has 0 aromatic heterocycles. The lowest BCUT2D eigenvalue weighted by molar-refractivity contribution is -0.302. The van der Waals surface area contributed by atoms with E-state index in [0.29, 0.717) is 6.42 Å². The van der Waals surface area contributed by atoms with Crippen LogP contribution in [0, 0.1) is 0 Å². The second kappa shape index (κ2) is 53.8. The summed E-state index contributed by atoms with van der Waals surface area (Å²) < 4.78 is 11.3. The third-order valence-electron chi connectivity index (χ3n) is 14.2. The summed E-state index contributed by atoms with van der Waals surface area (Å²) in [6.45, 7) is 3.66. The van der Waals surface area contributed by atoms with Gasteiger partial charge in [0.2, 0.25) is 5.91 Å². The van der Waals surface area contributed by atoms with Crippen LogP contribution in [-0.2, 0) is 14.3 Å². The van der Waals surface area contributed by atoms with Gasteiger partial charge in [-0.15, -0.1) is 0 Å². The van der Waals surface area contributed by atoms with E-state index in [9.17, 15) is 30.3 Å². The average molecular weight is 1040 g/mol. The topological polar surface area (TPSA) is 149 Å². The fourth-order valence-corrected chi connectivity index (χ4v) is 9.38. The molecular weight excluding hydrogens is 923 g/mol. The monoisotopic (exact) mass is 1040 g/mol. The molecule has 1 aliphatic heterocycles. The van der Waals surface area contributed by atoms with Crippen molar-refractivity contribution in [3.05, 3.63) is 85.1 Å². The molecule has 9 nitrogen and oxygen atoms in total. The molecule has 1 heterocycles. The Hall–Kier alpha value is -2.63. The number of aliphatic hydroxyl groups is 5. The van der Waals surface area contributed by atoms with E-state index in [1.807, 2.05) is 6.08 Å². The number of carbonyl (C=O) groups is 1. The molecule has 0 aromatic rings. The van der Waals surface area contributed by atoms with Crippen molar-refractivity contribution >= 4 is 5.91 Å². The van der Waals surface area contributed by atoms with Crippen LogP contribution in [0.3, 0.4) is 0 Å². The molecule has 7 unspecified atom stereocenters. The summed E-state index contributed by atoms with van der Waals surface area (Å²) in [5.41, 5.74) is 0. The summed E-state index contributed by atoms with van der Waals surface area (Å²) in [6.07, 6.45) is 69.5. The van der Waals surface area contributed by atoms with E-state index >= 15 is 0 Å². The number of amides is 1. The summed E-state index contributed by atoms with van der Waals surface area (Å²) in [7, 11) is 0. The molecule has 0 saturated carbocycles. The van der Waals surface area contributed by atoms with E-state index in [2.05, 4.69) is 92.1 Å². The fraction of sp³-hybridized carbons (Fsp3) is 0.769. The van der Waals surface area contributed by atoms with Crippen LogP contribution in [0.25, 0.3) is 0 Å². The molecule has 0 bridgehead atoms. The molecule has 0 radical (unpaired) electrons. The normalized spacial score (nSPS) is 19.6. The summed E-state index contributed by atoms with van der Waals surface area (Å²) >= 11 is 0. The molecule has 1 rings (SSSR count). The van der Waals surface area contributed by atoms with Crippen molar-refractivity contribution in [3.8, 4) is 0 Å². The van der Waals surface area contributed by atoms with Crippen molar-refractivity contribution in [2.24, 2.45) is 0 Å². The number of unbranched alkanes of at least 4 members (excludes halogenated alkanes) is 30. The van der Waals surface area contributed by atoms with Crippen LogP contribution in [-0.4, -0.2) is 87.5 Å². The Kier molecular flexibility index (Phi) is 50.4. The first-order valence-electron chi connectivity index (χ1n) is 30.8. The van der Waals surface area contributed by atoms with Gasteiger partial charge in [0.1, 0.15) is 24.4 Å². The highest BCUT2D eigenvalue weighted by Gasteiger charge is 2.44. The van der Waals surface area contributed by atoms with Crippen LogP contribution in [0.5, 0.6) is 0 Å². The SMILES string of the molecule is CC/C=C\C/C=C\C/C=C\C/C=C\C/C=C\CCCCCCCCCC(=O)NC(COC1OC(CO)C(O)C(O)C1O)C(O)/C=C/CC/C=C/CCCCCCCCCCCCCCCCCCCCCCCC. The minimum Gasteiger partial charge on any atom is -0.394 e. The van der Waals surface area contributed by atoms with Gasteiger partial charge in [0.15, 0.2) is 6.29 Å². The Morgan fingerprint density at radius 2 is 0.851 bits per heavy atom. The summed E-state index contributed by atoms with van der Waals surface area (Å²) in [5.74, 6) is -0.199. The lowest BCUT2D eigenvalue weighted by Crippen LogP contribution is -2.60. The van der Waals surface area contributed by atoms with Crippen LogP contribution in [0.1, 0.15) is 264 Å². The molecule has 0 aliphatic carbocycles. The van der Waals surface area contributed by atoms with Crippen LogP contribution in [0.4, 0.5) is 0 Å². The summed E-state index contributed by atoms with van der Waals surface area (Å²) in [6, 6.07) is -0.835. The molecule has 0 spiro atoms. The minimum absolute atomic E-state index is 0.199. The van der Waals surface area contributed by atoms with Crippen molar-refractivity contribution in [1.82, 2.24) is 5.32 Å². The Morgan fingerprint density at radius 3 is 1.30 bits per heavy atom. The first kappa shape index (κ1) is 69.4. The second-order valence-electron chi connectivity index (χ2n) is 21.1. The predicted octanol–water partition coefficient (Wildman–Crippen LogP) is 15.8. The smallest absolute Gasteiger partial charge is 0.220 e. The Bertz CT molecular complexity index is 1440. The second-order valence-corrected chi connectivity index (χ2v) is 21.1. The Balaban J connectivity index is 2.23. The highest BCUT2D eigenvalue weighted by Crippen LogP contribution is 2.23. The van der Waals surface area contributed by atoms with Crippen molar-refractivity contribution in [3.63, 3.8) is 0 Å². The van der Waals surface area contributed by atoms with Gasteiger partial charge in [-0.3, -0.25) is 4.79 Å². The first-order chi connectivity index (χ1) is 36.3. The van der Waals surface area contributed by atoms with Crippen LogP contribution < -0.4 is 5.32 Å². The van der Waals surface area contributed by atoms with Crippen molar-refractivity contribution in [1.29, 1.82) is 0 Å². The van der Waals surface area contributed by atoms with E-state index in [4.69, 9.17) is 9.47 Å². The molecule has 9 heteroatoms. The van der Waals surface area contributed by atoms with Gasteiger partial charge in [0.25, 0.3) is 0 Å². The first-order valence-corrected chi connectivity index (χ1v) is 30.8. The van der Waals surface area contributed by atoms with Crippen molar-refractivity contribution < 1.29 is 39.8 Å². The number of rotatable bonds is 52. The molecule has 1 aliphatic rings. The zero-order valence-corrected chi connectivity index (χ0v) is 47.6. The number of nitrogens with one attached hydrogen (secondary N) is 1. The number of hydrogen-bond donors (Lipinski definition) is 6.